The SMILES string of the molecule is CS(=O)(=O)c1[nH]nc2nc(Nc3ccc(N4CCOCC4)cc3)nc(NCCCN3CCCC3=O)c12. The van der Waals surface area contributed by atoms with Crippen LogP contribution in [-0.2, 0) is 19.4 Å². The van der Waals surface area contributed by atoms with E-state index in [0.29, 0.717) is 43.1 Å². The minimum absolute atomic E-state index is 0.0314. The zero-order chi connectivity index (χ0) is 25.1. The average molecular weight is 515 g/mol. The second-order valence-electron chi connectivity index (χ2n) is 8.96. The molecular weight excluding hydrogens is 484 g/mol. The van der Waals surface area contributed by atoms with Gasteiger partial charge in [-0.15, -0.1) is 0 Å². The van der Waals surface area contributed by atoms with Gasteiger partial charge in [0.1, 0.15) is 11.2 Å². The smallest absolute Gasteiger partial charge is 0.231 e. The lowest BCUT2D eigenvalue weighted by Crippen LogP contribution is -2.36. The third-order valence-corrected chi connectivity index (χ3v) is 7.36. The molecule has 12 nitrogen and oxygen atoms in total. The van der Waals surface area contributed by atoms with E-state index in [1.165, 1.54) is 0 Å². The molecule has 0 radical (unpaired) electrons. The maximum atomic E-state index is 12.3. The van der Waals surface area contributed by atoms with E-state index in [4.69, 9.17) is 4.74 Å². The summed E-state index contributed by atoms with van der Waals surface area (Å²) < 4.78 is 30.0. The molecule has 2 saturated heterocycles. The van der Waals surface area contributed by atoms with Crippen LogP contribution in [0.3, 0.4) is 0 Å². The highest BCUT2D eigenvalue weighted by molar-refractivity contribution is 7.90. The fraction of sp³-hybridized carbons (Fsp3) is 0.478. The molecule has 0 saturated carbocycles. The van der Waals surface area contributed by atoms with Crippen LogP contribution >= 0.6 is 0 Å². The second kappa shape index (κ2) is 10.3. The van der Waals surface area contributed by atoms with Gasteiger partial charge in [-0.05, 0) is 37.1 Å². The fourth-order valence-corrected chi connectivity index (χ4v) is 5.24. The van der Waals surface area contributed by atoms with Crippen LogP contribution in [0.1, 0.15) is 19.3 Å². The van der Waals surface area contributed by atoms with Crippen molar-refractivity contribution < 1.29 is 17.9 Å². The summed E-state index contributed by atoms with van der Waals surface area (Å²) in [5.74, 6) is 0.847. The van der Waals surface area contributed by atoms with E-state index in [1.54, 1.807) is 0 Å². The summed E-state index contributed by atoms with van der Waals surface area (Å²) in [4.78, 5) is 25.0. The van der Waals surface area contributed by atoms with Crippen LogP contribution in [0, 0.1) is 0 Å². The van der Waals surface area contributed by atoms with E-state index in [1.807, 2.05) is 29.2 Å². The molecule has 3 aromatic rings. The van der Waals surface area contributed by atoms with Crippen LogP contribution in [0.4, 0.5) is 23.1 Å². The van der Waals surface area contributed by atoms with Gasteiger partial charge in [0.25, 0.3) is 0 Å². The maximum absolute atomic E-state index is 12.3. The van der Waals surface area contributed by atoms with Crippen molar-refractivity contribution >= 4 is 49.9 Å². The molecule has 2 aliphatic rings. The number of rotatable bonds is 9. The van der Waals surface area contributed by atoms with Gasteiger partial charge in [0.2, 0.25) is 11.9 Å². The van der Waals surface area contributed by atoms with E-state index in [9.17, 15) is 13.2 Å². The highest BCUT2D eigenvalue weighted by atomic mass is 32.2. The first-order chi connectivity index (χ1) is 17.4. The number of amides is 1. The Labute approximate surface area is 209 Å². The van der Waals surface area contributed by atoms with Crippen LogP contribution in [-0.4, -0.2) is 91.6 Å². The first-order valence-corrected chi connectivity index (χ1v) is 14.0. The molecule has 0 atom stereocenters. The number of nitrogens with one attached hydrogen (secondary N) is 3. The molecular formula is C23H30N8O4S. The van der Waals surface area contributed by atoms with Crippen molar-refractivity contribution in [2.24, 2.45) is 0 Å². The molecule has 5 rings (SSSR count). The zero-order valence-electron chi connectivity index (χ0n) is 20.2. The molecule has 192 valence electrons. The predicted molar refractivity (Wildman–Crippen MR) is 136 cm³/mol. The average Bonchev–Trinajstić information content (AvgIpc) is 3.49. The number of morpholine rings is 1. The molecule has 2 fully saturated rings. The van der Waals surface area contributed by atoms with Gasteiger partial charge in [-0.2, -0.15) is 15.1 Å². The number of likely N-dealkylation sites (tertiary alicyclic amines) is 1. The highest BCUT2D eigenvalue weighted by Crippen LogP contribution is 2.28. The molecule has 3 N–H and O–H groups in total. The first kappa shape index (κ1) is 24.3. The molecule has 1 aromatic carbocycles. The van der Waals surface area contributed by atoms with Gasteiger partial charge in [0.05, 0.1) is 13.2 Å². The Morgan fingerprint density at radius 1 is 1.11 bits per heavy atom. The Morgan fingerprint density at radius 2 is 1.89 bits per heavy atom. The number of H-pyrrole nitrogens is 1. The van der Waals surface area contributed by atoms with Crippen LogP contribution in [0.2, 0.25) is 0 Å². The fourth-order valence-electron chi connectivity index (χ4n) is 4.47. The summed E-state index contributed by atoms with van der Waals surface area (Å²) in [5, 5.41) is 13.4. The molecule has 36 heavy (non-hydrogen) atoms. The van der Waals surface area contributed by atoms with Crippen molar-refractivity contribution in [2.75, 3.05) is 67.7 Å². The second-order valence-corrected chi connectivity index (χ2v) is 10.9. The number of carbonyl (C=O) groups is 1. The van der Waals surface area contributed by atoms with Gasteiger partial charge < -0.3 is 25.2 Å². The quantitative estimate of drug-likeness (QED) is 0.361. The number of fused-ring (bicyclic) bond motifs is 1. The predicted octanol–water partition coefficient (Wildman–Crippen LogP) is 1.76. The van der Waals surface area contributed by atoms with E-state index in [2.05, 4.69) is 35.7 Å². The molecule has 0 unspecified atom stereocenters. The molecule has 13 heteroatoms. The van der Waals surface area contributed by atoms with Crippen molar-refractivity contribution in [3.63, 3.8) is 0 Å². The van der Waals surface area contributed by atoms with E-state index in [0.717, 1.165) is 56.9 Å². The summed E-state index contributed by atoms with van der Waals surface area (Å²) in [6, 6.07) is 7.96. The number of aromatic nitrogens is 4. The van der Waals surface area contributed by atoms with Crippen molar-refractivity contribution in [3.8, 4) is 0 Å². The zero-order valence-corrected chi connectivity index (χ0v) is 21.0. The van der Waals surface area contributed by atoms with E-state index >= 15 is 0 Å². The molecule has 0 aliphatic carbocycles. The number of nitrogens with zero attached hydrogens (tertiary/aromatic N) is 5. The van der Waals surface area contributed by atoms with Crippen molar-refractivity contribution in [1.29, 1.82) is 0 Å². The van der Waals surface area contributed by atoms with Gasteiger partial charge in [-0.3, -0.25) is 9.89 Å². The molecule has 0 spiro atoms. The standard InChI is InChI=1S/C23H30N8O4S/c1-36(33,34)22-19-20(24-9-3-11-31-10-2-4-18(31)32)26-23(27-21(19)28-29-22)25-16-5-7-17(8-6-16)30-12-14-35-15-13-30/h5-8H,2-4,9-15H2,1H3,(H3,24,25,26,27,28,29). The summed E-state index contributed by atoms with van der Waals surface area (Å²) in [6.07, 6.45) is 3.32. The number of aromatic amines is 1. The Balaban J connectivity index is 1.34. The Morgan fingerprint density at radius 3 is 2.58 bits per heavy atom. The molecule has 2 aliphatic heterocycles. The number of anilines is 4. The largest absolute Gasteiger partial charge is 0.378 e. The van der Waals surface area contributed by atoms with Crippen LogP contribution in [0.25, 0.3) is 11.0 Å². The van der Waals surface area contributed by atoms with E-state index < -0.39 is 9.84 Å². The van der Waals surface area contributed by atoms with Gasteiger partial charge in [-0.25, -0.2) is 8.42 Å². The topological polar surface area (TPSA) is 145 Å². The molecule has 1 amide bonds. The number of carbonyl (C=O) groups excluding carboxylic acids is 1. The number of ether oxygens (including phenoxy) is 1. The Kier molecular flexibility index (Phi) is 6.92. The molecule has 2 aromatic heterocycles. The van der Waals surface area contributed by atoms with Crippen molar-refractivity contribution in [1.82, 2.24) is 25.1 Å². The lowest BCUT2D eigenvalue weighted by atomic mass is 10.2. The van der Waals surface area contributed by atoms with Crippen LogP contribution < -0.4 is 15.5 Å². The maximum Gasteiger partial charge on any atom is 0.231 e. The van der Waals surface area contributed by atoms with Crippen molar-refractivity contribution in [3.05, 3.63) is 24.3 Å². The lowest BCUT2D eigenvalue weighted by Gasteiger charge is -2.28. The van der Waals surface area contributed by atoms with Gasteiger partial charge >= 0.3 is 0 Å². The van der Waals surface area contributed by atoms with E-state index in [-0.39, 0.29) is 16.6 Å². The monoisotopic (exact) mass is 514 g/mol. The number of benzene rings is 1. The molecule has 4 heterocycles. The number of hydrogen-bond donors (Lipinski definition) is 3. The van der Waals surface area contributed by atoms with Gasteiger partial charge in [0.15, 0.2) is 20.5 Å². The summed E-state index contributed by atoms with van der Waals surface area (Å²) in [6.45, 7) is 5.09. The Bertz CT molecular complexity index is 1340. The number of hydrogen-bond acceptors (Lipinski definition) is 10. The minimum atomic E-state index is -3.57. The first-order valence-electron chi connectivity index (χ1n) is 12.1. The summed E-state index contributed by atoms with van der Waals surface area (Å²) in [5.41, 5.74) is 2.16. The normalized spacial score (nSPS) is 16.6. The molecule has 0 bridgehead atoms. The van der Waals surface area contributed by atoms with Crippen LogP contribution in [0.15, 0.2) is 29.3 Å². The van der Waals surface area contributed by atoms with Gasteiger partial charge in [0, 0.05) is 56.8 Å². The van der Waals surface area contributed by atoms with Crippen molar-refractivity contribution in [2.45, 2.75) is 24.3 Å². The Hall–Kier alpha value is -3.45. The third-order valence-electron chi connectivity index (χ3n) is 6.32. The third kappa shape index (κ3) is 5.36. The van der Waals surface area contributed by atoms with Crippen LogP contribution in [0.5, 0.6) is 0 Å². The minimum Gasteiger partial charge on any atom is -0.378 e. The highest BCUT2D eigenvalue weighted by Gasteiger charge is 2.23. The van der Waals surface area contributed by atoms with Gasteiger partial charge in [-0.1, -0.05) is 0 Å². The lowest BCUT2D eigenvalue weighted by molar-refractivity contribution is -0.127. The summed E-state index contributed by atoms with van der Waals surface area (Å²) in [7, 11) is -3.57. The summed E-state index contributed by atoms with van der Waals surface area (Å²) >= 11 is 0. The number of sulfone groups is 1.